The third-order valence-electron chi connectivity index (χ3n) is 3.75. The van der Waals surface area contributed by atoms with Gasteiger partial charge in [0.05, 0.1) is 0 Å². The normalized spacial score (nSPS) is 16.6. The summed E-state index contributed by atoms with van der Waals surface area (Å²) >= 11 is 0. The van der Waals surface area contributed by atoms with Gasteiger partial charge in [0.25, 0.3) is 0 Å². The van der Waals surface area contributed by atoms with Gasteiger partial charge in [0.15, 0.2) is 0 Å². The molecular formula is C17H23NO. The second-order valence-corrected chi connectivity index (χ2v) is 5.43. The molecule has 19 heavy (non-hydrogen) atoms. The van der Waals surface area contributed by atoms with Crippen LogP contribution in [0.1, 0.15) is 42.4 Å². The summed E-state index contributed by atoms with van der Waals surface area (Å²) in [4.78, 5) is 14.1. The van der Waals surface area contributed by atoms with E-state index >= 15 is 0 Å². The van der Waals surface area contributed by atoms with Crippen molar-refractivity contribution in [1.82, 2.24) is 4.90 Å². The monoisotopic (exact) mass is 257 g/mol. The first-order valence-corrected chi connectivity index (χ1v) is 7.21. The topological polar surface area (TPSA) is 20.3 Å². The zero-order chi connectivity index (χ0) is 13.7. The van der Waals surface area contributed by atoms with Crippen LogP contribution >= 0.6 is 0 Å². The highest BCUT2D eigenvalue weighted by molar-refractivity contribution is 5.92. The van der Waals surface area contributed by atoms with E-state index in [-0.39, 0.29) is 5.91 Å². The van der Waals surface area contributed by atoms with Crippen molar-refractivity contribution >= 4 is 12.0 Å². The number of rotatable bonds is 2. The molecule has 1 aliphatic rings. The Morgan fingerprint density at radius 2 is 1.79 bits per heavy atom. The molecular weight excluding hydrogens is 234 g/mol. The summed E-state index contributed by atoms with van der Waals surface area (Å²) in [5.74, 6) is 0.155. The number of nitrogens with zero attached hydrogens (tertiary/aromatic N) is 1. The molecule has 0 unspecified atom stereocenters. The lowest BCUT2D eigenvalue weighted by Crippen LogP contribution is -2.30. The van der Waals surface area contributed by atoms with Gasteiger partial charge in [-0.1, -0.05) is 36.6 Å². The molecule has 2 rings (SSSR count). The lowest BCUT2D eigenvalue weighted by atomic mass is 10.1. The number of carbonyl (C=O) groups is 1. The maximum absolute atomic E-state index is 12.1. The summed E-state index contributed by atoms with van der Waals surface area (Å²) in [6, 6.07) is 6.32. The maximum atomic E-state index is 12.1. The number of hydrogen-bond donors (Lipinski definition) is 0. The van der Waals surface area contributed by atoms with Gasteiger partial charge in [-0.05, 0) is 43.9 Å². The molecule has 1 amide bonds. The van der Waals surface area contributed by atoms with E-state index in [1.165, 1.54) is 24.0 Å². The average Bonchev–Trinajstić information content (AvgIpc) is 2.66. The molecule has 0 bridgehead atoms. The fraction of sp³-hybridized carbons (Fsp3) is 0.471. The highest BCUT2D eigenvalue weighted by Crippen LogP contribution is 2.14. The fourth-order valence-corrected chi connectivity index (χ4v) is 2.57. The highest BCUT2D eigenvalue weighted by atomic mass is 16.2. The standard InChI is InChI=1S/C17H23NO/c1-14-7-8-16(15(2)13-14)9-10-17(19)18-11-5-3-4-6-12-18/h7-10,13H,3-6,11-12H2,1-2H3/b10-9+. The van der Waals surface area contributed by atoms with Crippen LogP contribution in [-0.2, 0) is 4.79 Å². The van der Waals surface area contributed by atoms with E-state index in [9.17, 15) is 4.79 Å². The van der Waals surface area contributed by atoms with E-state index in [1.54, 1.807) is 6.08 Å². The van der Waals surface area contributed by atoms with Gasteiger partial charge < -0.3 is 4.90 Å². The summed E-state index contributed by atoms with van der Waals surface area (Å²) in [6.45, 7) is 6.00. The minimum atomic E-state index is 0.155. The van der Waals surface area contributed by atoms with Gasteiger partial charge in [0, 0.05) is 19.2 Å². The molecule has 0 saturated carbocycles. The predicted molar refractivity (Wildman–Crippen MR) is 80.0 cm³/mol. The maximum Gasteiger partial charge on any atom is 0.246 e. The first kappa shape index (κ1) is 13.9. The lowest BCUT2D eigenvalue weighted by Gasteiger charge is -2.18. The van der Waals surface area contributed by atoms with Crippen LogP contribution in [0.3, 0.4) is 0 Å². The zero-order valence-electron chi connectivity index (χ0n) is 12.0. The number of hydrogen-bond acceptors (Lipinski definition) is 1. The Bertz CT molecular complexity index is 468. The van der Waals surface area contributed by atoms with E-state index in [0.717, 1.165) is 31.5 Å². The number of carbonyl (C=O) groups excluding carboxylic acids is 1. The van der Waals surface area contributed by atoms with Gasteiger partial charge in [-0.15, -0.1) is 0 Å². The third-order valence-corrected chi connectivity index (χ3v) is 3.75. The minimum absolute atomic E-state index is 0.155. The second-order valence-electron chi connectivity index (χ2n) is 5.43. The van der Waals surface area contributed by atoms with Crippen LogP contribution in [0.5, 0.6) is 0 Å². The number of benzene rings is 1. The summed E-state index contributed by atoms with van der Waals surface area (Å²) < 4.78 is 0. The predicted octanol–water partition coefficient (Wildman–Crippen LogP) is 3.72. The molecule has 0 aromatic heterocycles. The molecule has 1 heterocycles. The van der Waals surface area contributed by atoms with Crippen molar-refractivity contribution in [3.63, 3.8) is 0 Å². The fourth-order valence-electron chi connectivity index (χ4n) is 2.57. The molecule has 2 nitrogen and oxygen atoms in total. The Morgan fingerprint density at radius 1 is 1.11 bits per heavy atom. The van der Waals surface area contributed by atoms with Crippen LogP contribution in [0.15, 0.2) is 24.3 Å². The summed E-state index contributed by atoms with van der Waals surface area (Å²) in [7, 11) is 0. The van der Waals surface area contributed by atoms with Crippen LogP contribution in [-0.4, -0.2) is 23.9 Å². The summed E-state index contributed by atoms with van der Waals surface area (Å²) in [6.07, 6.45) is 8.46. The van der Waals surface area contributed by atoms with E-state index in [0.29, 0.717) is 0 Å². The minimum Gasteiger partial charge on any atom is -0.339 e. The van der Waals surface area contributed by atoms with E-state index in [1.807, 2.05) is 11.0 Å². The van der Waals surface area contributed by atoms with Gasteiger partial charge in [-0.25, -0.2) is 0 Å². The van der Waals surface area contributed by atoms with Gasteiger partial charge in [-0.3, -0.25) is 4.79 Å². The molecule has 1 fully saturated rings. The molecule has 1 aromatic rings. The van der Waals surface area contributed by atoms with Crippen LogP contribution in [0.25, 0.3) is 6.08 Å². The van der Waals surface area contributed by atoms with E-state index in [2.05, 4.69) is 32.0 Å². The summed E-state index contributed by atoms with van der Waals surface area (Å²) in [5.41, 5.74) is 3.61. The first-order valence-electron chi connectivity index (χ1n) is 7.21. The van der Waals surface area contributed by atoms with Gasteiger partial charge in [0.1, 0.15) is 0 Å². The molecule has 0 spiro atoms. The molecule has 0 radical (unpaired) electrons. The molecule has 0 atom stereocenters. The highest BCUT2D eigenvalue weighted by Gasteiger charge is 2.12. The number of amides is 1. The van der Waals surface area contributed by atoms with E-state index < -0.39 is 0 Å². The second kappa shape index (κ2) is 6.55. The Balaban J connectivity index is 2.02. The molecule has 1 aromatic carbocycles. The smallest absolute Gasteiger partial charge is 0.246 e. The third kappa shape index (κ3) is 3.95. The molecule has 2 heteroatoms. The van der Waals surface area contributed by atoms with Crippen molar-refractivity contribution in [2.75, 3.05) is 13.1 Å². The first-order chi connectivity index (χ1) is 9.16. The van der Waals surface area contributed by atoms with Crippen molar-refractivity contribution in [3.8, 4) is 0 Å². The SMILES string of the molecule is Cc1ccc(/C=C/C(=O)N2CCCCCC2)c(C)c1. The van der Waals surface area contributed by atoms with Crippen LogP contribution in [0.2, 0.25) is 0 Å². The number of aryl methyl sites for hydroxylation is 2. The van der Waals surface area contributed by atoms with Crippen molar-refractivity contribution in [1.29, 1.82) is 0 Å². The molecule has 0 N–H and O–H groups in total. The average molecular weight is 257 g/mol. The molecule has 1 saturated heterocycles. The molecule has 102 valence electrons. The lowest BCUT2D eigenvalue weighted by molar-refractivity contribution is -0.125. The number of likely N-dealkylation sites (tertiary alicyclic amines) is 1. The van der Waals surface area contributed by atoms with Crippen LogP contribution in [0.4, 0.5) is 0 Å². The Morgan fingerprint density at radius 3 is 2.42 bits per heavy atom. The largest absolute Gasteiger partial charge is 0.339 e. The van der Waals surface area contributed by atoms with Gasteiger partial charge in [-0.2, -0.15) is 0 Å². The summed E-state index contributed by atoms with van der Waals surface area (Å²) in [5, 5.41) is 0. The Hall–Kier alpha value is -1.57. The Labute approximate surface area is 116 Å². The van der Waals surface area contributed by atoms with Crippen molar-refractivity contribution < 1.29 is 4.79 Å². The van der Waals surface area contributed by atoms with Crippen molar-refractivity contribution in [3.05, 3.63) is 41.0 Å². The quantitative estimate of drug-likeness (QED) is 0.739. The molecule has 1 aliphatic heterocycles. The van der Waals surface area contributed by atoms with Gasteiger partial charge in [0.2, 0.25) is 5.91 Å². The Kier molecular flexibility index (Phi) is 4.78. The molecule has 0 aliphatic carbocycles. The van der Waals surface area contributed by atoms with Crippen molar-refractivity contribution in [2.45, 2.75) is 39.5 Å². The van der Waals surface area contributed by atoms with Crippen molar-refractivity contribution in [2.24, 2.45) is 0 Å². The van der Waals surface area contributed by atoms with E-state index in [4.69, 9.17) is 0 Å². The van der Waals surface area contributed by atoms with Gasteiger partial charge >= 0.3 is 0 Å². The van der Waals surface area contributed by atoms with Crippen LogP contribution in [0, 0.1) is 13.8 Å². The zero-order valence-corrected chi connectivity index (χ0v) is 12.0. The van der Waals surface area contributed by atoms with Crippen LogP contribution < -0.4 is 0 Å².